The molecule has 1 aliphatic rings. The van der Waals surface area contributed by atoms with Gasteiger partial charge in [-0.2, -0.15) is 18.2 Å². The third-order valence-corrected chi connectivity index (χ3v) is 3.28. The Morgan fingerprint density at radius 3 is 2.67 bits per heavy atom. The summed E-state index contributed by atoms with van der Waals surface area (Å²) >= 11 is 0. The van der Waals surface area contributed by atoms with Gasteiger partial charge in [0.1, 0.15) is 5.82 Å². The molecule has 2 rings (SSSR count). The lowest BCUT2D eigenvalue weighted by atomic mass is 10.2. The van der Waals surface area contributed by atoms with Gasteiger partial charge in [-0.15, -0.1) is 0 Å². The van der Waals surface area contributed by atoms with Crippen molar-refractivity contribution in [2.45, 2.75) is 24.7 Å². The van der Waals surface area contributed by atoms with E-state index in [2.05, 4.69) is 9.97 Å². The summed E-state index contributed by atoms with van der Waals surface area (Å²) in [4.78, 5) is 10.7. The molecular weight excluding hydrogens is 287 g/mol. The number of halogens is 3. The second-order valence-electron chi connectivity index (χ2n) is 5.43. The van der Waals surface area contributed by atoms with Gasteiger partial charge in [0, 0.05) is 25.2 Å². The maximum Gasteiger partial charge on any atom is 0.433 e. The number of anilines is 2. The number of alkyl halides is 3. The topological polar surface area (TPSA) is 78.5 Å². The smallest absolute Gasteiger partial charge is 0.391 e. The van der Waals surface area contributed by atoms with E-state index in [1.54, 1.807) is 4.90 Å². The van der Waals surface area contributed by atoms with Crippen LogP contribution in [0.4, 0.5) is 24.9 Å². The fourth-order valence-corrected chi connectivity index (χ4v) is 2.51. The second-order valence-corrected chi connectivity index (χ2v) is 5.43. The summed E-state index contributed by atoms with van der Waals surface area (Å²) in [6.45, 7) is 0.828. The Kier molecular flexibility index (Phi) is 4.24. The Morgan fingerprint density at radius 2 is 2.10 bits per heavy atom. The van der Waals surface area contributed by atoms with Crippen LogP contribution in [-0.4, -0.2) is 59.3 Å². The fourth-order valence-electron chi connectivity index (χ4n) is 2.51. The summed E-state index contributed by atoms with van der Waals surface area (Å²) < 4.78 is 38.4. The van der Waals surface area contributed by atoms with Gasteiger partial charge in [0.25, 0.3) is 0 Å². The van der Waals surface area contributed by atoms with Crippen molar-refractivity contribution in [1.29, 1.82) is 0 Å². The minimum atomic E-state index is -4.58. The molecule has 0 spiro atoms. The Bertz CT molecular complexity index is 508. The first-order valence-corrected chi connectivity index (χ1v) is 6.48. The molecule has 1 aromatic heterocycles. The van der Waals surface area contributed by atoms with E-state index in [1.807, 2.05) is 19.0 Å². The number of aliphatic hydroxyl groups is 1. The van der Waals surface area contributed by atoms with Crippen LogP contribution < -0.4 is 10.6 Å². The standard InChI is InChI=1S/C12H18F3N5O/c1-19(2)5-7-3-8(21)6-20(7)10-4-9(12(13,14)15)17-11(16)18-10/h4,7-8,21H,3,5-6H2,1-2H3,(H2,16,17,18). The van der Waals surface area contributed by atoms with E-state index in [4.69, 9.17) is 5.73 Å². The van der Waals surface area contributed by atoms with Crippen LogP contribution in [0.2, 0.25) is 0 Å². The van der Waals surface area contributed by atoms with Gasteiger partial charge >= 0.3 is 6.18 Å². The zero-order valence-corrected chi connectivity index (χ0v) is 11.8. The van der Waals surface area contributed by atoms with Crippen LogP contribution in [0.15, 0.2) is 6.07 Å². The molecule has 3 N–H and O–H groups in total. The summed E-state index contributed by atoms with van der Waals surface area (Å²) in [5.74, 6) is -0.331. The van der Waals surface area contributed by atoms with Crippen molar-refractivity contribution in [2.24, 2.45) is 0 Å². The van der Waals surface area contributed by atoms with E-state index in [0.717, 1.165) is 6.07 Å². The molecule has 0 radical (unpaired) electrons. The molecule has 1 aromatic rings. The van der Waals surface area contributed by atoms with E-state index >= 15 is 0 Å². The van der Waals surface area contributed by atoms with Gasteiger partial charge in [0.2, 0.25) is 5.95 Å². The highest BCUT2D eigenvalue weighted by Gasteiger charge is 2.37. The quantitative estimate of drug-likeness (QED) is 0.850. The Labute approximate surface area is 120 Å². The summed E-state index contributed by atoms with van der Waals surface area (Å²) in [6.07, 6.45) is -4.70. The number of nitrogen functional groups attached to an aromatic ring is 1. The number of rotatable bonds is 3. The maximum atomic E-state index is 12.8. The monoisotopic (exact) mass is 305 g/mol. The van der Waals surface area contributed by atoms with Gasteiger partial charge in [0.15, 0.2) is 5.69 Å². The molecule has 2 unspecified atom stereocenters. The maximum absolute atomic E-state index is 12.8. The lowest BCUT2D eigenvalue weighted by molar-refractivity contribution is -0.141. The first-order valence-electron chi connectivity index (χ1n) is 6.48. The fraction of sp³-hybridized carbons (Fsp3) is 0.667. The number of nitrogens with zero attached hydrogens (tertiary/aromatic N) is 4. The molecule has 118 valence electrons. The molecule has 0 saturated carbocycles. The van der Waals surface area contributed by atoms with Crippen LogP contribution in [0.5, 0.6) is 0 Å². The number of hydrogen-bond donors (Lipinski definition) is 2. The van der Waals surface area contributed by atoms with Crippen molar-refractivity contribution in [3.8, 4) is 0 Å². The second kappa shape index (κ2) is 5.64. The first kappa shape index (κ1) is 15.8. The Balaban J connectivity index is 2.33. The minimum absolute atomic E-state index is 0.0956. The van der Waals surface area contributed by atoms with Crippen molar-refractivity contribution in [3.05, 3.63) is 11.8 Å². The molecule has 1 fully saturated rings. The highest BCUT2D eigenvalue weighted by molar-refractivity contribution is 5.46. The molecule has 0 aromatic carbocycles. The van der Waals surface area contributed by atoms with E-state index in [0.29, 0.717) is 13.0 Å². The van der Waals surface area contributed by atoms with Gasteiger partial charge in [-0.3, -0.25) is 0 Å². The molecule has 0 aliphatic carbocycles. The number of aliphatic hydroxyl groups excluding tert-OH is 1. The number of nitrogens with two attached hydrogens (primary N) is 1. The summed E-state index contributed by atoms with van der Waals surface area (Å²) in [5.41, 5.74) is 4.31. The minimum Gasteiger partial charge on any atom is -0.391 e. The van der Waals surface area contributed by atoms with Crippen LogP contribution in [0.3, 0.4) is 0 Å². The summed E-state index contributed by atoms with van der Waals surface area (Å²) in [7, 11) is 3.72. The number of likely N-dealkylation sites (N-methyl/N-ethyl adjacent to an activating group) is 1. The number of hydrogen-bond acceptors (Lipinski definition) is 6. The molecule has 21 heavy (non-hydrogen) atoms. The predicted octanol–water partition coefficient (Wildman–Crippen LogP) is 0.579. The van der Waals surface area contributed by atoms with E-state index in [9.17, 15) is 18.3 Å². The number of β-amino-alcohol motifs (C(OH)–C–C–N with tert-alkyl or cyclic N) is 1. The van der Waals surface area contributed by atoms with Crippen LogP contribution in [0.1, 0.15) is 12.1 Å². The van der Waals surface area contributed by atoms with Gasteiger partial charge in [0.05, 0.1) is 6.10 Å². The molecule has 0 bridgehead atoms. The van der Waals surface area contributed by atoms with Crippen molar-refractivity contribution in [1.82, 2.24) is 14.9 Å². The number of aromatic nitrogens is 2. The largest absolute Gasteiger partial charge is 0.433 e. The average Bonchev–Trinajstić information content (AvgIpc) is 2.67. The molecule has 2 atom stereocenters. The van der Waals surface area contributed by atoms with Gasteiger partial charge in [-0.25, -0.2) is 4.98 Å². The third kappa shape index (κ3) is 3.73. The molecule has 1 saturated heterocycles. The van der Waals surface area contributed by atoms with Crippen molar-refractivity contribution in [2.75, 3.05) is 37.8 Å². The lowest BCUT2D eigenvalue weighted by Gasteiger charge is -2.28. The van der Waals surface area contributed by atoms with Crippen LogP contribution >= 0.6 is 0 Å². The molecule has 1 aliphatic heterocycles. The van der Waals surface area contributed by atoms with Gasteiger partial charge in [-0.1, -0.05) is 0 Å². The predicted molar refractivity (Wildman–Crippen MR) is 71.8 cm³/mol. The van der Waals surface area contributed by atoms with E-state index < -0.39 is 23.9 Å². The average molecular weight is 305 g/mol. The van der Waals surface area contributed by atoms with Crippen LogP contribution in [0, 0.1) is 0 Å². The Hall–Kier alpha value is -1.61. The Morgan fingerprint density at radius 1 is 1.43 bits per heavy atom. The van der Waals surface area contributed by atoms with Crippen LogP contribution in [0.25, 0.3) is 0 Å². The van der Waals surface area contributed by atoms with E-state index in [-0.39, 0.29) is 18.4 Å². The molecule has 6 nitrogen and oxygen atoms in total. The first-order chi connectivity index (χ1) is 9.66. The summed E-state index contributed by atoms with van der Waals surface area (Å²) in [5, 5.41) is 9.79. The van der Waals surface area contributed by atoms with Gasteiger partial charge < -0.3 is 20.6 Å². The zero-order valence-electron chi connectivity index (χ0n) is 11.8. The zero-order chi connectivity index (χ0) is 15.8. The van der Waals surface area contributed by atoms with Crippen molar-refractivity contribution >= 4 is 11.8 Å². The van der Waals surface area contributed by atoms with E-state index in [1.165, 1.54) is 0 Å². The van der Waals surface area contributed by atoms with Crippen LogP contribution in [-0.2, 0) is 6.18 Å². The third-order valence-electron chi connectivity index (χ3n) is 3.28. The van der Waals surface area contributed by atoms with Crippen molar-refractivity contribution < 1.29 is 18.3 Å². The normalized spacial score (nSPS) is 23.1. The molecule has 0 amide bonds. The van der Waals surface area contributed by atoms with Crippen molar-refractivity contribution in [3.63, 3.8) is 0 Å². The molecule has 2 heterocycles. The molecular formula is C12H18F3N5O. The highest BCUT2D eigenvalue weighted by atomic mass is 19.4. The highest BCUT2D eigenvalue weighted by Crippen LogP contribution is 2.32. The van der Waals surface area contributed by atoms with Gasteiger partial charge in [-0.05, 0) is 20.5 Å². The SMILES string of the molecule is CN(C)CC1CC(O)CN1c1cc(C(F)(F)F)nc(N)n1. The lowest BCUT2D eigenvalue weighted by Crippen LogP contribution is -2.38. The summed E-state index contributed by atoms with van der Waals surface area (Å²) in [6, 6.07) is 0.752. The molecule has 9 heteroatoms.